The lowest BCUT2D eigenvalue weighted by atomic mass is 9.92. The average Bonchev–Trinajstić information content (AvgIpc) is 2.76. The van der Waals surface area contributed by atoms with Gasteiger partial charge in [0, 0.05) is 23.7 Å². The second kappa shape index (κ2) is 8.90. The van der Waals surface area contributed by atoms with Crippen LogP contribution in [0.4, 0.5) is 0 Å². The average molecular weight is 464 g/mol. The summed E-state index contributed by atoms with van der Waals surface area (Å²) in [5, 5.41) is 3.68. The molecule has 1 aliphatic rings. The first-order valence-corrected chi connectivity index (χ1v) is 10.7. The highest BCUT2D eigenvalue weighted by Gasteiger charge is 2.20. The quantitative estimate of drug-likeness (QED) is 0.441. The summed E-state index contributed by atoms with van der Waals surface area (Å²) in [6.45, 7) is 1.32. The Balaban J connectivity index is 1.75. The molecule has 0 aliphatic heterocycles. The largest absolute Gasteiger partial charge is 0.340 e. The molecule has 0 saturated carbocycles. The van der Waals surface area contributed by atoms with Gasteiger partial charge in [-0.15, -0.1) is 0 Å². The van der Waals surface area contributed by atoms with Crippen LogP contribution >= 0.6 is 15.9 Å². The summed E-state index contributed by atoms with van der Waals surface area (Å²) < 4.78 is 2.67. The van der Waals surface area contributed by atoms with Gasteiger partial charge in [0.2, 0.25) is 5.43 Å². The van der Waals surface area contributed by atoms with Gasteiger partial charge >= 0.3 is 0 Å². The van der Waals surface area contributed by atoms with Gasteiger partial charge in [0.25, 0.3) is 0 Å². The molecule has 0 bridgehead atoms. The molecule has 1 unspecified atom stereocenters. The Morgan fingerprint density at radius 2 is 2.07 bits per heavy atom. The third-order valence-corrected chi connectivity index (χ3v) is 5.70. The summed E-state index contributed by atoms with van der Waals surface area (Å²) >= 11 is 3.40. The minimum Gasteiger partial charge on any atom is -0.340 e. The van der Waals surface area contributed by atoms with Crippen molar-refractivity contribution in [1.29, 1.82) is 0 Å². The molecule has 1 aromatic carbocycles. The van der Waals surface area contributed by atoms with Crippen LogP contribution in [-0.2, 0) is 6.54 Å². The smallest absolute Gasteiger partial charge is 0.200 e. The molecule has 0 fully saturated rings. The van der Waals surface area contributed by atoms with Crippen molar-refractivity contribution >= 4 is 32.6 Å². The molecule has 0 amide bonds. The van der Waals surface area contributed by atoms with Gasteiger partial charge in [-0.25, -0.2) is 4.98 Å². The second-order valence-corrected chi connectivity index (χ2v) is 8.18. The Morgan fingerprint density at radius 1 is 1.23 bits per heavy atom. The molecular formula is C24H22BrN3O2. The SMILES string of the molecule is CNCC1C=CC(C(=O)c2cn(Cc3cccc(Br)n3)c3ccccc3c2=O)=CC1. The molecule has 6 heteroatoms. The number of ketones is 1. The van der Waals surface area contributed by atoms with Crippen molar-refractivity contribution in [3.63, 3.8) is 0 Å². The van der Waals surface area contributed by atoms with Crippen molar-refractivity contribution in [2.24, 2.45) is 5.92 Å². The van der Waals surface area contributed by atoms with Gasteiger partial charge in [0.1, 0.15) is 4.60 Å². The van der Waals surface area contributed by atoms with Gasteiger partial charge in [0.05, 0.1) is 23.3 Å². The summed E-state index contributed by atoms with van der Waals surface area (Å²) in [4.78, 5) is 30.8. The van der Waals surface area contributed by atoms with Crippen LogP contribution in [0.15, 0.2) is 81.9 Å². The summed E-state index contributed by atoms with van der Waals surface area (Å²) in [7, 11) is 1.91. The van der Waals surface area contributed by atoms with E-state index in [-0.39, 0.29) is 16.8 Å². The molecule has 1 N–H and O–H groups in total. The summed E-state index contributed by atoms with van der Waals surface area (Å²) in [5.74, 6) is 0.128. The van der Waals surface area contributed by atoms with Crippen molar-refractivity contribution < 1.29 is 4.79 Å². The van der Waals surface area contributed by atoms with Crippen molar-refractivity contribution in [2.45, 2.75) is 13.0 Å². The van der Waals surface area contributed by atoms with E-state index in [0.29, 0.717) is 23.4 Å². The Bertz CT molecular complexity index is 1230. The number of allylic oxidation sites excluding steroid dienone is 3. The number of fused-ring (bicyclic) bond motifs is 1. The van der Waals surface area contributed by atoms with Gasteiger partial charge in [-0.3, -0.25) is 9.59 Å². The van der Waals surface area contributed by atoms with Crippen LogP contribution in [0.5, 0.6) is 0 Å². The molecule has 0 spiro atoms. The number of para-hydroxylation sites is 1. The van der Waals surface area contributed by atoms with E-state index in [4.69, 9.17) is 0 Å². The molecule has 1 aliphatic carbocycles. The molecule has 2 heterocycles. The maximum absolute atomic E-state index is 13.2. The highest BCUT2D eigenvalue weighted by atomic mass is 79.9. The van der Waals surface area contributed by atoms with Gasteiger partial charge in [-0.05, 0) is 59.6 Å². The highest BCUT2D eigenvalue weighted by Crippen LogP contribution is 2.20. The molecule has 4 rings (SSSR count). The summed E-state index contributed by atoms with van der Waals surface area (Å²) in [6.07, 6.45) is 8.25. The minimum atomic E-state index is -0.235. The number of aromatic nitrogens is 2. The first kappa shape index (κ1) is 20.4. The number of benzene rings is 1. The summed E-state index contributed by atoms with van der Waals surface area (Å²) in [6, 6.07) is 13.1. The number of carbonyl (C=O) groups is 1. The molecule has 1 atom stereocenters. The van der Waals surface area contributed by atoms with Gasteiger partial charge in [0.15, 0.2) is 5.78 Å². The van der Waals surface area contributed by atoms with Gasteiger partial charge in [-0.2, -0.15) is 0 Å². The fourth-order valence-corrected chi connectivity index (χ4v) is 4.13. The fourth-order valence-electron chi connectivity index (χ4n) is 3.75. The molecule has 152 valence electrons. The number of carbonyl (C=O) groups excluding carboxylic acids is 1. The van der Waals surface area contributed by atoms with Crippen molar-refractivity contribution in [2.75, 3.05) is 13.6 Å². The number of Topliss-reactive ketones (excluding diaryl/α,β-unsaturated/α-hetero) is 1. The Kier molecular flexibility index (Phi) is 6.06. The lowest BCUT2D eigenvalue weighted by Gasteiger charge is -2.16. The number of halogens is 1. The van der Waals surface area contributed by atoms with Crippen LogP contribution in [0.1, 0.15) is 22.5 Å². The first-order valence-electron chi connectivity index (χ1n) is 9.88. The van der Waals surface area contributed by atoms with Crippen LogP contribution < -0.4 is 10.7 Å². The van der Waals surface area contributed by atoms with E-state index in [9.17, 15) is 9.59 Å². The van der Waals surface area contributed by atoms with Gasteiger partial charge in [-0.1, -0.05) is 36.4 Å². The Labute approximate surface area is 183 Å². The molecule has 0 saturated heterocycles. The van der Waals surface area contributed by atoms with Crippen LogP contribution in [0, 0.1) is 5.92 Å². The summed E-state index contributed by atoms with van der Waals surface area (Å²) in [5.41, 5.74) is 2.14. The fraction of sp³-hybridized carbons (Fsp3) is 0.208. The Morgan fingerprint density at radius 3 is 2.80 bits per heavy atom. The lowest BCUT2D eigenvalue weighted by molar-refractivity contribution is 0.103. The predicted molar refractivity (Wildman–Crippen MR) is 123 cm³/mol. The number of hydrogen-bond acceptors (Lipinski definition) is 4. The molecule has 5 nitrogen and oxygen atoms in total. The topological polar surface area (TPSA) is 64.0 Å². The first-order chi connectivity index (χ1) is 14.6. The number of nitrogens with one attached hydrogen (secondary N) is 1. The standard InChI is InChI=1S/C24H22BrN3O2/c1-26-13-16-9-11-17(12-10-16)23(29)20-15-28(14-18-5-4-8-22(25)27-18)21-7-3-2-6-19(21)24(20)30/h2-9,11-12,15-16,26H,10,13-14H2,1H3. The molecule has 2 aromatic heterocycles. The third-order valence-electron chi connectivity index (χ3n) is 5.25. The monoisotopic (exact) mass is 463 g/mol. The zero-order valence-electron chi connectivity index (χ0n) is 16.6. The van der Waals surface area contributed by atoms with E-state index in [1.165, 1.54) is 0 Å². The lowest BCUT2D eigenvalue weighted by Crippen LogP contribution is -2.22. The normalized spacial score (nSPS) is 15.9. The molecule has 30 heavy (non-hydrogen) atoms. The zero-order chi connectivity index (χ0) is 21.1. The van der Waals surface area contributed by atoms with E-state index >= 15 is 0 Å². The van der Waals surface area contributed by atoms with E-state index < -0.39 is 0 Å². The van der Waals surface area contributed by atoms with Gasteiger partial charge < -0.3 is 9.88 Å². The third kappa shape index (κ3) is 4.20. The predicted octanol–water partition coefficient (Wildman–Crippen LogP) is 4.11. The number of rotatable bonds is 6. The Hall–Kier alpha value is -2.83. The number of nitrogens with zero attached hydrogens (tertiary/aromatic N) is 2. The van der Waals surface area contributed by atoms with Crippen LogP contribution in [0.2, 0.25) is 0 Å². The number of hydrogen-bond donors (Lipinski definition) is 1. The number of pyridine rings is 2. The maximum Gasteiger partial charge on any atom is 0.200 e. The van der Waals surface area contributed by atoms with E-state index in [2.05, 4.69) is 26.2 Å². The van der Waals surface area contributed by atoms with Crippen molar-refractivity contribution in [3.05, 3.63) is 98.5 Å². The second-order valence-electron chi connectivity index (χ2n) is 7.37. The minimum absolute atomic E-state index is 0.187. The van der Waals surface area contributed by atoms with Crippen LogP contribution in [0.25, 0.3) is 10.9 Å². The zero-order valence-corrected chi connectivity index (χ0v) is 18.2. The van der Waals surface area contributed by atoms with Crippen LogP contribution in [-0.4, -0.2) is 28.9 Å². The maximum atomic E-state index is 13.2. The molecule has 3 aromatic rings. The van der Waals surface area contributed by atoms with E-state index in [1.807, 2.05) is 66.2 Å². The molecule has 0 radical (unpaired) electrons. The van der Waals surface area contributed by atoms with Crippen molar-refractivity contribution in [3.8, 4) is 0 Å². The van der Waals surface area contributed by atoms with E-state index in [0.717, 1.165) is 28.8 Å². The van der Waals surface area contributed by atoms with Crippen LogP contribution in [0.3, 0.4) is 0 Å². The highest BCUT2D eigenvalue weighted by molar-refractivity contribution is 9.10. The molecular weight excluding hydrogens is 442 g/mol. The van der Waals surface area contributed by atoms with E-state index in [1.54, 1.807) is 12.3 Å². The van der Waals surface area contributed by atoms with Crippen molar-refractivity contribution in [1.82, 2.24) is 14.9 Å².